The highest BCUT2D eigenvalue weighted by Gasteiger charge is 2.18. The third kappa shape index (κ3) is 4.28. The van der Waals surface area contributed by atoms with E-state index in [1.165, 1.54) is 34.7 Å². The fraction of sp³-hybridized carbons (Fsp3) is 0.182. The number of esters is 1. The summed E-state index contributed by atoms with van der Waals surface area (Å²) in [5.74, 6) is -1.98. The summed E-state index contributed by atoms with van der Waals surface area (Å²) in [6.45, 7) is 3.43. The predicted octanol–water partition coefficient (Wildman–Crippen LogP) is 2.67. The maximum Gasteiger partial charge on any atom is 0.343 e. The average molecular weight is 448 g/mol. The molecule has 4 aromatic rings. The van der Waals surface area contributed by atoms with Crippen LogP contribution in [-0.2, 0) is 9.53 Å². The van der Waals surface area contributed by atoms with Crippen LogP contribution in [0.4, 0.5) is 5.69 Å². The van der Waals surface area contributed by atoms with Gasteiger partial charge < -0.3 is 15.2 Å². The molecule has 0 aliphatic carbocycles. The molecule has 0 saturated carbocycles. The molecule has 1 aromatic carbocycles. The normalized spacial score (nSPS) is 11.8. The fourth-order valence-corrected chi connectivity index (χ4v) is 3.20. The van der Waals surface area contributed by atoms with E-state index in [0.29, 0.717) is 17.0 Å². The molecule has 0 saturated heterocycles. The van der Waals surface area contributed by atoms with E-state index < -0.39 is 23.9 Å². The van der Waals surface area contributed by atoms with E-state index in [2.05, 4.69) is 20.5 Å². The van der Waals surface area contributed by atoms with Crippen LogP contribution in [0, 0.1) is 0 Å². The molecule has 4 rings (SSSR count). The molecule has 11 nitrogen and oxygen atoms in total. The zero-order valence-corrected chi connectivity index (χ0v) is 17.8. The summed E-state index contributed by atoms with van der Waals surface area (Å²) in [5.41, 5.74) is 2.75. The molecule has 33 heavy (non-hydrogen) atoms. The van der Waals surface area contributed by atoms with Gasteiger partial charge in [0.15, 0.2) is 5.65 Å². The SMILES string of the molecule is CCOC(=O)c1cnn2c(-c3cccc(NC(=O)c4cnn(C(C)C(=O)O)c4)c3)ccnc12. The lowest BCUT2D eigenvalue weighted by Crippen LogP contribution is -2.16. The molecule has 0 radical (unpaired) electrons. The minimum absolute atomic E-state index is 0.228. The number of carbonyl (C=O) groups excluding carboxylic acids is 2. The van der Waals surface area contributed by atoms with E-state index in [0.717, 1.165) is 5.56 Å². The number of amides is 1. The molecule has 1 amide bonds. The Balaban J connectivity index is 1.60. The van der Waals surface area contributed by atoms with Gasteiger partial charge in [0.1, 0.15) is 11.6 Å². The van der Waals surface area contributed by atoms with Crippen molar-refractivity contribution in [1.29, 1.82) is 0 Å². The quantitative estimate of drug-likeness (QED) is 0.411. The Morgan fingerprint density at radius 1 is 1.18 bits per heavy atom. The molecular formula is C22H20N6O5. The Labute approximate surface area is 187 Å². The van der Waals surface area contributed by atoms with Crippen molar-refractivity contribution < 1.29 is 24.2 Å². The lowest BCUT2D eigenvalue weighted by molar-refractivity contribution is -0.140. The Morgan fingerprint density at radius 2 is 2.00 bits per heavy atom. The van der Waals surface area contributed by atoms with Crippen molar-refractivity contribution in [2.45, 2.75) is 19.9 Å². The van der Waals surface area contributed by atoms with Gasteiger partial charge in [0, 0.05) is 23.6 Å². The van der Waals surface area contributed by atoms with E-state index in [1.54, 1.807) is 37.4 Å². The van der Waals surface area contributed by atoms with E-state index in [-0.39, 0.29) is 17.7 Å². The molecule has 0 aliphatic heterocycles. The number of ether oxygens (including phenoxy) is 1. The molecular weight excluding hydrogens is 428 g/mol. The van der Waals surface area contributed by atoms with Crippen LogP contribution < -0.4 is 5.32 Å². The molecule has 168 valence electrons. The highest BCUT2D eigenvalue weighted by atomic mass is 16.5. The largest absolute Gasteiger partial charge is 0.480 e. The smallest absolute Gasteiger partial charge is 0.343 e. The number of fused-ring (bicyclic) bond motifs is 1. The first-order valence-corrected chi connectivity index (χ1v) is 10.1. The molecule has 0 spiro atoms. The highest BCUT2D eigenvalue weighted by Crippen LogP contribution is 2.24. The number of anilines is 1. The van der Waals surface area contributed by atoms with E-state index in [4.69, 9.17) is 9.84 Å². The summed E-state index contributed by atoms with van der Waals surface area (Å²) >= 11 is 0. The van der Waals surface area contributed by atoms with Crippen LogP contribution in [0.25, 0.3) is 16.9 Å². The van der Waals surface area contributed by atoms with Gasteiger partial charge in [-0.25, -0.2) is 19.1 Å². The molecule has 1 atom stereocenters. The van der Waals surface area contributed by atoms with Gasteiger partial charge in [-0.1, -0.05) is 12.1 Å². The van der Waals surface area contributed by atoms with Gasteiger partial charge >= 0.3 is 11.9 Å². The molecule has 11 heteroatoms. The summed E-state index contributed by atoms with van der Waals surface area (Å²) < 4.78 is 7.80. The molecule has 0 bridgehead atoms. The van der Waals surface area contributed by atoms with Crippen LogP contribution in [-0.4, -0.2) is 53.9 Å². The molecule has 0 fully saturated rings. The van der Waals surface area contributed by atoms with Crippen molar-refractivity contribution in [1.82, 2.24) is 24.4 Å². The Kier molecular flexibility index (Phi) is 5.85. The average Bonchev–Trinajstić information content (AvgIpc) is 3.46. The first-order chi connectivity index (χ1) is 15.9. The number of hydrogen-bond donors (Lipinski definition) is 2. The number of nitrogens with one attached hydrogen (secondary N) is 1. The summed E-state index contributed by atoms with van der Waals surface area (Å²) in [7, 11) is 0. The van der Waals surface area contributed by atoms with E-state index in [9.17, 15) is 14.4 Å². The maximum atomic E-state index is 12.6. The third-order valence-corrected chi connectivity index (χ3v) is 4.93. The summed E-state index contributed by atoms with van der Waals surface area (Å²) in [6, 6.07) is 7.93. The molecule has 3 heterocycles. The van der Waals surface area contributed by atoms with Crippen molar-refractivity contribution >= 4 is 29.2 Å². The topological polar surface area (TPSA) is 141 Å². The van der Waals surface area contributed by atoms with Gasteiger partial charge in [-0.2, -0.15) is 10.2 Å². The van der Waals surface area contributed by atoms with Crippen LogP contribution in [0.2, 0.25) is 0 Å². The second-order valence-electron chi connectivity index (χ2n) is 7.10. The van der Waals surface area contributed by atoms with Crippen molar-refractivity contribution in [3.8, 4) is 11.3 Å². The van der Waals surface area contributed by atoms with Crippen molar-refractivity contribution in [2.24, 2.45) is 0 Å². The zero-order valence-electron chi connectivity index (χ0n) is 17.8. The van der Waals surface area contributed by atoms with Crippen molar-refractivity contribution in [2.75, 3.05) is 11.9 Å². The Morgan fingerprint density at radius 3 is 2.76 bits per heavy atom. The Hall–Kier alpha value is -4.54. The number of benzene rings is 1. The number of carboxylic acid groups (broad SMARTS) is 1. The molecule has 0 aliphatic rings. The molecule has 3 aromatic heterocycles. The number of carbonyl (C=O) groups is 3. The van der Waals surface area contributed by atoms with Crippen molar-refractivity contribution in [3.05, 3.63) is 66.2 Å². The number of rotatable bonds is 7. The van der Waals surface area contributed by atoms with Gasteiger partial charge in [-0.05, 0) is 32.0 Å². The zero-order chi connectivity index (χ0) is 23.5. The number of hydrogen-bond acceptors (Lipinski definition) is 7. The van der Waals surface area contributed by atoms with Gasteiger partial charge in [0.2, 0.25) is 0 Å². The predicted molar refractivity (Wildman–Crippen MR) is 117 cm³/mol. The second-order valence-corrected chi connectivity index (χ2v) is 7.10. The summed E-state index contributed by atoms with van der Waals surface area (Å²) in [4.78, 5) is 40.1. The van der Waals surface area contributed by atoms with Gasteiger partial charge in [-0.15, -0.1) is 0 Å². The first-order valence-electron chi connectivity index (χ1n) is 10.1. The molecule has 2 N–H and O–H groups in total. The lowest BCUT2D eigenvalue weighted by Gasteiger charge is -2.09. The Bertz CT molecular complexity index is 1360. The molecule has 1 unspecified atom stereocenters. The monoisotopic (exact) mass is 448 g/mol. The minimum atomic E-state index is -1.05. The van der Waals surface area contributed by atoms with Gasteiger partial charge in [-0.3, -0.25) is 9.48 Å². The van der Waals surface area contributed by atoms with Crippen LogP contribution in [0.5, 0.6) is 0 Å². The van der Waals surface area contributed by atoms with Crippen LogP contribution in [0.15, 0.2) is 55.1 Å². The summed E-state index contributed by atoms with van der Waals surface area (Å²) in [5, 5.41) is 20.1. The minimum Gasteiger partial charge on any atom is -0.480 e. The summed E-state index contributed by atoms with van der Waals surface area (Å²) in [6.07, 6.45) is 5.67. The number of aromatic nitrogens is 5. The number of carboxylic acids is 1. The van der Waals surface area contributed by atoms with Crippen LogP contribution in [0.1, 0.15) is 40.6 Å². The number of aliphatic carboxylic acids is 1. The van der Waals surface area contributed by atoms with E-state index >= 15 is 0 Å². The van der Waals surface area contributed by atoms with Crippen LogP contribution >= 0.6 is 0 Å². The lowest BCUT2D eigenvalue weighted by atomic mass is 10.1. The standard InChI is InChI=1S/C22H20N6O5/c1-3-33-22(32)17-11-25-28-18(7-8-23-19(17)28)14-5-4-6-16(9-14)26-20(29)15-10-24-27(12-15)13(2)21(30)31/h4-13H,3H2,1-2H3,(H,26,29)(H,30,31). The van der Waals surface area contributed by atoms with E-state index in [1.807, 2.05) is 6.07 Å². The maximum absolute atomic E-state index is 12.6. The van der Waals surface area contributed by atoms with Gasteiger partial charge in [0.05, 0.1) is 30.3 Å². The fourth-order valence-electron chi connectivity index (χ4n) is 3.20. The first kappa shape index (κ1) is 21.7. The van der Waals surface area contributed by atoms with Crippen LogP contribution in [0.3, 0.4) is 0 Å². The van der Waals surface area contributed by atoms with Crippen molar-refractivity contribution in [3.63, 3.8) is 0 Å². The second kappa shape index (κ2) is 8.91. The number of nitrogens with zero attached hydrogens (tertiary/aromatic N) is 5. The highest BCUT2D eigenvalue weighted by molar-refractivity contribution is 6.04. The van der Waals surface area contributed by atoms with Gasteiger partial charge in [0.25, 0.3) is 5.91 Å². The third-order valence-electron chi connectivity index (χ3n) is 4.93.